The van der Waals surface area contributed by atoms with Gasteiger partial charge in [0.15, 0.2) is 0 Å². The Labute approximate surface area is 454 Å². The van der Waals surface area contributed by atoms with Crippen molar-refractivity contribution in [1.82, 2.24) is 0 Å². The van der Waals surface area contributed by atoms with Crippen molar-refractivity contribution in [2.24, 2.45) is 9.98 Å². The minimum atomic E-state index is -5.93. The zero-order valence-corrected chi connectivity index (χ0v) is 46.2. The van der Waals surface area contributed by atoms with Crippen LogP contribution in [0.5, 0.6) is 0 Å². The average molecular weight is 1350 g/mol. The Bertz CT molecular complexity index is 2240. The van der Waals surface area contributed by atoms with Gasteiger partial charge in [-0.25, -0.2) is 0 Å². The average Bonchev–Trinajstić information content (AvgIpc) is 3.31. The molecule has 0 amide bonds. The standard InChI is InChI=1S/C31H13BF21.C12H24N2O2.C6H15Si.CH3.Pt/c33-25(34,35)14-2-1-3-21(7-14)32(22-8-15(26(36,37)38)4-16(9-22)27(39,40)41,23-10-17(28(42,43)44)5-18(11-23)29(45,46)47)24-12-19(30(48,49)50)6-20(13-24)31(51,52)53;1-11(13-7-5-9-15-3)12(2)14-8-6-10-16-4;1-4-7(5-2)6-3;;/h1-13H;5-10H2,1-4H3;4-6H2,1-3H3;1H3;/q-1;;;-1;+2. The van der Waals surface area contributed by atoms with E-state index in [1.807, 2.05) is 13.8 Å². The molecule has 441 valence electrons. The zero-order chi connectivity index (χ0) is 58.5. The van der Waals surface area contributed by atoms with E-state index < -0.39 is 165 Å². The summed E-state index contributed by atoms with van der Waals surface area (Å²) in [6, 6.07) is 0.242. The first-order valence-corrected chi connectivity index (χ1v) is 24.9. The van der Waals surface area contributed by atoms with Gasteiger partial charge in [0.2, 0.25) is 0 Å². The van der Waals surface area contributed by atoms with Gasteiger partial charge >= 0.3 is 64.3 Å². The van der Waals surface area contributed by atoms with E-state index in [2.05, 4.69) is 30.8 Å². The second-order valence-corrected chi connectivity index (χ2v) is 20.6. The molecule has 0 aliphatic carbocycles. The molecule has 0 saturated heterocycles. The molecule has 4 nitrogen and oxygen atoms in total. The van der Waals surface area contributed by atoms with Crippen LogP contribution in [0.4, 0.5) is 92.2 Å². The van der Waals surface area contributed by atoms with E-state index in [0.717, 1.165) is 50.6 Å². The second kappa shape index (κ2) is 29.9. The van der Waals surface area contributed by atoms with Gasteiger partial charge in [-0.1, -0.05) is 99.6 Å². The van der Waals surface area contributed by atoms with Crippen molar-refractivity contribution in [3.63, 3.8) is 0 Å². The molecule has 0 unspecified atom stereocenters. The number of ether oxygens (including phenoxy) is 2. The van der Waals surface area contributed by atoms with E-state index in [9.17, 15) is 92.2 Å². The first kappa shape index (κ1) is 73.6. The summed E-state index contributed by atoms with van der Waals surface area (Å²) < 4.78 is 306. The molecule has 0 aromatic heterocycles. The van der Waals surface area contributed by atoms with E-state index in [4.69, 9.17) is 9.47 Å². The molecule has 0 saturated carbocycles. The maximum atomic E-state index is 14.1. The third kappa shape index (κ3) is 21.3. The molecule has 1 radical (unpaired) electrons. The molecule has 0 bridgehead atoms. The van der Waals surface area contributed by atoms with E-state index in [1.165, 1.54) is 18.1 Å². The summed E-state index contributed by atoms with van der Waals surface area (Å²) in [6.45, 7) is 14.1. The van der Waals surface area contributed by atoms with E-state index in [0.29, 0.717) is 0 Å². The van der Waals surface area contributed by atoms with Crippen LogP contribution in [0.15, 0.2) is 88.8 Å². The van der Waals surface area contributed by atoms with Crippen LogP contribution in [0, 0.1) is 7.43 Å². The first-order valence-electron chi connectivity index (χ1n) is 22.8. The van der Waals surface area contributed by atoms with Gasteiger partial charge in [0.25, 0.3) is 0 Å². The Hall–Kier alpha value is -4.36. The van der Waals surface area contributed by atoms with Crippen molar-refractivity contribution >= 4 is 48.2 Å². The molecule has 4 aromatic carbocycles. The molecule has 4 rings (SSSR count). The van der Waals surface area contributed by atoms with Crippen LogP contribution < -0.4 is 21.9 Å². The summed E-state index contributed by atoms with van der Waals surface area (Å²) in [7, 11) is 3.55. The minimum absolute atomic E-state index is 0. The molecule has 0 aliphatic rings. The number of aliphatic imine (C=N–C) groups is 2. The number of halogens is 21. The van der Waals surface area contributed by atoms with Gasteiger partial charge in [-0.2, -0.15) is 114 Å². The van der Waals surface area contributed by atoms with Gasteiger partial charge < -0.3 is 16.9 Å². The van der Waals surface area contributed by atoms with Crippen molar-refractivity contribution in [2.45, 2.75) is 109 Å². The minimum Gasteiger partial charge on any atom is -0.385 e. The number of methoxy groups -OCH3 is 2. The smallest absolute Gasteiger partial charge is 0.385 e. The van der Waals surface area contributed by atoms with Crippen LogP contribution >= 0.6 is 0 Å². The number of benzene rings is 4. The monoisotopic (exact) mass is 1350 g/mol. The largest absolute Gasteiger partial charge is 2.00 e. The van der Waals surface area contributed by atoms with Crippen LogP contribution in [-0.2, 0) is 73.8 Å². The van der Waals surface area contributed by atoms with E-state index in [1.54, 1.807) is 14.2 Å². The maximum absolute atomic E-state index is 14.1. The Morgan fingerprint density at radius 1 is 0.410 bits per heavy atom. The Morgan fingerprint density at radius 2 is 0.654 bits per heavy atom. The molecule has 0 spiro atoms. The Morgan fingerprint density at radius 3 is 0.859 bits per heavy atom. The van der Waals surface area contributed by atoms with Gasteiger partial charge in [0, 0.05) is 49.3 Å². The molecule has 0 N–H and O–H groups in total. The number of hydrogen-bond donors (Lipinski definition) is 0. The van der Waals surface area contributed by atoms with Crippen molar-refractivity contribution in [2.75, 3.05) is 40.5 Å². The van der Waals surface area contributed by atoms with Gasteiger partial charge in [-0.3, -0.25) is 9.98 Å². The predicted molar refractivity (Wildman–Crippen MR) is 258 cm³/mol. The summed E-state index contributed by atoms with van der Waals surface area (Å²) in [5, 5.41) is 0. The summed E-state index contributed by atoms with van der Waals surface area (Å²) in [5.41, 5.74) is -21.7. The first-order chi connectivity index (χ1) is 34.7. The third-order valence-electron chi connectivity index (χ3n) is 11.8. The Kier molecular flexibility index (Phi) is 28.2. The molecule has 78 heavy (non-hydrogen) atoms. The Balaban J connectivity index is 0.00000198. The van der Waals surface area contributed by atoms with Gasteiger partial charge in [0.1, 0.15) is 6.15 Å². The summed E-state index contributed by atoms with van der Waals surface area (Å²) in [5.74, 6) is 0. The molecule has 4 aromatic rings. The van der Waals surface area contributed by atoms with Crippen LogP contribution in [0.1, 0.15) is 86.4 Å². The fourth-order valence-electron chi connectivity index (χ4n) is 7.72. The molecular weight excluding hydrogens is 1290 g/mol. The molecule has 28 heteroatoms. The fraction of sp³-hybridized carbons (Fsp3) is 0.460. The quantitative estimate of drug-likeness (QED) is 0.0369. The van der Waals surface area contributed by atoms with Crippen LogP contribution in [0.2, 0.25) is 18.1 Å². The van der Waals surface area contributed by atoms with Crippen molar-refractivity contribution in [3.05, 3.63) is 125 Å². The summed E-state index contributed by atoms with van der Waals surface area (Å²) in [6.07, 6.45) is -44.5. The van der Waals surface area contributed by atoms with E-state index >= 15 is 0 Å². The van der Waals surface area contributed by atoms with Crippen molar-refractivity contribution < 1.29 is 123 Å². The van der Waals surface area contributed by atoms with Crippen LogP contribution in [0.3, 0.4) is 0 Å². The predicted octanol–water partition coefficient (Wildman–Crippen LogP) is 15.2. The van der Waals surface area contributed by atoms with Crippen LogP contribution in [0.25, 0.3) is 0 Å². The van der Waals surface area contributed by atoms with Gasteiger partial charge in [0.05, 0.1) is 50.4 Å². The molecule has 0 fully saturated rings. The number of nitrogens with zero attached hydrogens (tertiary/aromatic N) is 2. The normalized spacial score (nSPS) is 13.2. The maximum Gasteiger partial charge on any atom is 2.00 e. The second-order valence-electron chi connectivity index (χ2n) is 16.9. The molecule has 0 aliphatic heterocycles. The fourth-order valence-corrected chi connectivity index (χ4v) is 9.22. The molecule has 0 atom stereocenters. The molecular formula is C50H55BF21N2O2PtSi. The molecule has 0 heterocycles. The van der Waals surface area contributed by atoms with Crippen molar-refractivity contribution in [3.8, 4) is 0 Å². The summed E-state index contributed by atoms with van der Waals surface area (Å²) in [4.78, 5) is 8.87. The van der Waals surface area contributed by atoms with Gasteiger partial charge in [-0.15, -0.1) is 0 Å². The zero-order valence-electron chi connectivity index (χ0n) is 42.9. The number of alkyl halides is 21. The van der Waals surface area contributed by atoms with E-state index in [-0.39, 0.29) is 61.6 Å². The number of hydrogen-bond acceptors (Lipinski definition) is 4. The number of rotatable bonds is 16. The summed E-state index contributed by atoms with van der Waals surface area (Å²) >= 11 is 0. The SMILES string of the molecule is CC[Si](CC)CC.COCCCN=C(C)C(C)=NCCCOC.FC(F)(F)c1cccc([B-](c2cc(C(F)(F)F)cc(C(F)(F)F)c2)(c2cc(C(F)(F)F)cc(C(F)(F)F)c2)c2cc(C(F)(F)F)cc(C(F)(F)F)c2)c1.[CH3-].[Pt+2]. The van der Waals surface area contributed by atoms with Crippen molar-refractivity contribution in [1.29, 1.82) is 0 Å². The van der Waals surface area contributed by atoms with Gasteiger partial charge in [-0.05, 0) is 44.9 Å². The topological polar surface area (TPSA) is 43.2 Å². The van der Waals surface area contributed by atoms with Crippen LogP contribution in [-0.4, -0.2) is 66.9 Å². The third-order valence-corrected chi connectivity index (χ3v) is 14.8.